The van der Waals surface area contributed by atoms with Gasteiger partial charge in [-0.3, -0.25) is 4.79 Å². The van der Waals surface area contributed by atoms with Crippen LogP contribution in [-0.2, 0) is 4.74 Å². The molecule has 1 aromatic rings. The average Bonchev–Trinajstić information content (AvgIpc) is 2.37. The smallest absolute Gasteiger partial charge is 0.254 e. The Balaban J connectivity index is 2.18. The van der Waals surface area contributed by atoms with E-state index in [2.05, 4.69) is 0 Å². The maximum atomic E-state index is 12.2. The second-order valence-electron chi connectivity index (χ2n) is 4.01. The maximum absolute atomic E-state index is 12.2. The molecule has 6 heteroatoms. The van der Waals surface area contributed by atoms with Crippen LogP contribution in [0.15, 0.2) is 18.2 Å². The molecule has 1 aliphatic rings. The highest BCUT2D eigenvalue weighted by atomic mass is 35.5. The van der Waals surface area contributed by atoms with Crippen LogP contribution >= 0.6 is 11.6 Å². The van der Waals surface area contributed by atoms with Gasteiger partial charge in [-0.1, -0.05) is 11.6 Å². The van der Waals surface area contributed by atoms with Gasteiger partial charge < -0.3 is 15.4 Å². The Bertz CT molecular complexity index is 492. The Labute approximate surface area is 110 Å². The zero-order valence-corrected chi connectivity index (χ0v) is 10.4. The fraction of sp³-hybridized carbons (Fsp3) is 0.333. The molecule has 0 saturated carbocycles. The van der Waals surface area contributed by atoms with Gasteiger partial charge in [0.1, 0.15) is 0 Å². The molecule has 1 heterocycles. The van der Waals surface area contributed by atoms with E-state index in [9.17, 15) is 4.79 Å². The van der Waals surface area contributed by atoms with E-state index in [1.54, 1.807) is 23.1 Å². The minimum atomic E-state index is -0.570. The fourth-order valence-corrected chi connectivity index (χ4v) is 2.07. The number of nitrogens with two attached hydrogens (primary N) is 1. The van der Waals surface area contributed by atoms with Crippen molar-refractivity contribution < 1.29 is 9.53 Å². The van der Waals surface area contributed by atoms with E-state index in [-0.39, 0.29) is 12.5 Å². The fourth-order valence-electron chi connectivity index (χ4n) is 1.83. The molecule has 2 N–H and O–H groups in total. The van der Waals surface area contributed by atoms with Crippen molar-refractivity contribution in [3.05, 3.63) is 28.8 Å². The van der Waals surface area contributed by atoms with Crippen molar-refractivity contribution in [3.63, 3.8) is 0 Å². The summed E-state index contributed by atoms with van der Waals surface area (Å²) in [5.41, 5.74) is 6.52. The number of amides is 1. The number of rotatable bonds is 1. The molecular weight excluding hydrogens is 254 g/mol. The first-order chi connectivity index (χ1) is 8.60. The molecule has 0 radical (unpaired) electrons. The van der Waals surface area contributed by atoms with E-state index in [0.717, 1.165) is 0 Å². The van der Waals surface area contributed by atoms with Crippen LogP contribution in [0.1, 0.15) is 10.4 Å². The van der Waals surface area contributed by atoms with Gasteiger partial charge in [-0.25, -0.2) is 0 Å². The van der Waals surface area contributed by atoms with E-state index < -0.39 is 6.10 Å². The number of halogens is 1. The molecule has 1 fully saturated rings. The van der Waals surface area contributed by atoms with E-state index in [1.165, 1.54) is 0 Å². The summed E-state index contributed by atoms with van der Waals surface area (Å²) in [6.45, 7) is 1.09. The molecule has 1 unspecified atom stereocenters. The molecule has 1 aromatic carbocycles. The zero-order valence-electron chi connectivity index (χ0n) is 9.60. The minimum absolute atomic E-state index is 0.187. The summed E-state index contributed by atoms with van der Waals surface area (Å²) in [7, 11) is 0. The molecule has 0 bridgehead atoms. The third-order valence-corrected chi connectivity index (χ3v) is 2.88. The Morgan fingerprint density at radius 2 is 2.33 bits per heavy atom. The molecular formula is C12H12ClN3O2. The number of benzene rings is 1. The first kappa shape index (κ1) is 12.7. The molecule has 0 aromatic heterocycles. The highest BCUT2D eigenvalue weighted by molar-refractivity contribution is 6.31. The quantitative estimate of drug-likeness (QED) is 0.776. The molecule has 2 rings (SSSR count). The third kappa shape index (κ3) is 2.73. The molecule has 94 valence electrons. The van der Waals surface area contributed by atoms with Gasteiger partial charge in [0.15, 0.2) is 6.10 Å². The number of nitriles is 1. The maximum Gasteiger partial charge on any atom is 0.254 e. The SMILES string of the molecule is N#CC1CN(C(=O)c2cc(N)cc(Cl)c2)CCO1. The van der Waals surface area contributed by atoms with Crippen LogP contribution in [0.2, 0.25) is 5.02 Å². The Hall–Kier alpha value is -1.77. The Morgan fingerprint density at radius 3 is 3.00 bits per heavy atom. The number of nitrogens with zero attached hydrogens (tertiary/aromatic N) is 2. The molecule has 0 spiro atoms. The standard InChI is InChI=1S/C12H12ClN3O2/c13-9-3-8(4-10(15)5-9)12(17)16-1-2-18-11(6-14)7-16/h3-5,11H,1-2,7,15H2. The minimum Gasteiger partial charge on any atom is -0.399 e. The summed E-state index contributed by atoms with van der Waals surface area (Å²) >= 11 is 5.86. The van der Waals surface area contributed by atoms with Gasteiger partial charge in [-0.2, -0.15) is 5.26 Å². The highest BCUT2D eigenvalue weighted by Gasteiger charge is 2.25. The second kappa shape index (κ2) is 5.25. The molecule has 1 aliphatic heterocycles. The van der Waals surface area contributed by atoms with Crippen LogP contribution in [0.3, 0.4) is 0 Å². The van der Waals surface area contributed by atoms with Crippen molar-refractivity contribution in [2.24, 2.45) is 0 Å². The van der Waals surface area contributed by atoms with Gasteiger partial charge in [0.05, 0.1) is 19.2 Å². The van der Waals surface area contributed by atoms with E-state index in [0.29, 0.717) is 29.4 Å². The van der Waals surface area contributed by atoms with Crippen molar-refractivity contribution in [2.75, 3.05) is 25.4 Å². The predicted molar refractivity (Wildman–Crippen MR) is 67.1 cm³/mol. The number of carbonyl (C=O) groups excluding carboxylic acids is 1. The summed E-state index contributed by atoms with van der Waals surface area (Å²) < 4.78 is 5.19. The van der Waals surface area contributed by atoms with E-state index in [1.807, 2.05) is 6.07 Å². The lowest BCUT2D eigenvalue weighted by Crippen LogP contribution is -2.45. The molecule has 5 nitrogen and oxygen atoms in total. The number of carbonyl (C=O) groups is 1. The lowest BCUT2D eigenvalue weighted by Gasteiger charge is -2.29. The lowest BCUT2D eigenvalue weighted by atomic mass is 10.1. The van der Waals surface area contributed by atoms with Gasteiger partial charge in [0.25, 0.3) is 5.91 Å². The molecule has 0 aliphatic carbocycles. The first-order valence-corrected chi connectivity index (χ1v) is 5.84. The Kier molecular flexibility index (Phi) is 3.70. The van der Waals surface area contributed by atoms with Crippen LogP contribution < -0.4 is 5.73 Å². The van der Waals surface area contributed by atoms with E-state index in [4.69, 9.17) is 27.3 Å². The monoisotopic (exact) mass is 265 g/mol. The number of anilines is 1. The topological polar surface area (TPSA) is 79.4 Å². The van der Waals surface area contributed by atoms with Crippen molar-refractivity contribution in [1.29, 1.82) is 5.26 Å². The van der Waals surface area contributed by atoms with Gasteiger partial charge in [-0.15, -0.1) is 0 Å². The van der Waals surface area contributed by atoms with Crippen molar-refractivity contribution in [1.82, 2.24) is 4.90 Å². The average molecular weight is 266 g/mol. The predicted octanol–water partition coefficient (Wildman–Crippen LogP) is 1.29. The zero-order chi connectivity index (χ0) is 13.1. The summed E-state index contributed by atoms with van der Waals surface area (Å²) in [4.78, 5) is 13.8. The number of morpholine rings is 1. The van der Waals surface area contributed by atoms with Crippen LogP contribution in [0.25, 0.3) is 0 Å². The molecule has 1 saturated heterocycles. The van der Waals surface area contributed by atoms with Crippen molar-refractivity contribution in [2.45, 2.75) is 6.10 Å². The first-order valence-electron chi connectivity index (χ1n) is 5.46. The van der Waals surface area contributed by atoms with Crippen molar-refractivity contribution in [3.8, 4) is 6.07 Å². The highest BCUT2D eigenvalue weighted by Crippen LogP contribution is 2.19. The largest absolute Gasteiger partial charge is 0.399 e. The summed E-state index contributed by atoms with van der Waals surface area (Å²) in [6, 6.07) is 6.72. The molecule has 18 heavy (non-hydrogen) atoms. The van der Waals surface area contributed by atoms with Crippen LogP contribution in [-0.4, -0.2) is 36.6 Å². The van der Waals surface area contributed by atoms with Gasteiger partial charge in [0.2, 0.25) is 0 Å². The van der Waals surface area contributed by atoms with Crippen molar-refractivity contribution >= 4 is 23.2 Å². The number of nitrogen functional groups attached to an aromatic ring is 1. The van der Waals surface area contributed by atoms with Gasteiger partial charge in [-0.05, 0) is 18.2 Å². The van der Waals surface area contributed by atoms with Gasteiger partial charge in [0, 0.05) is 22.8 Å². The molecule has 1 atom stereocenters. The lowest BCUT2D eigenvalue weighted by molar-refractivity contribution is 0.00347. The summed E-state index contributed by atoms with van der Waals surface area (Å²) in [5.74, 6) is -0.187. The normalized spacial score (nSPS) is 19.3. The molecule has 1 amide bonds. The number of hydrogen-bond acceptors (Lipinski definition) is 4. The summed E-state index contributed by atoms with van der Waals surface area (Å²) in [5, 5.41) is 9.22. The van der Waals surface area contributed by atoms with Crippen LogP contribution in [0.4, 0.5) is 5.69 Å². The Morgan fingerprint density at radius 1 is 1.56 bits per heavy atom. The van der Waals surface area contributed by atoms with Crippen LogP contribution in [0.5, 0.6) is 0 Å². The van der Waals surface area contributed by atoms with Crippen LogP contribution in [0, 0.1) is 11.3 Å². The number of hydrogen-bond donors (Lipinski definition) is 1. The third-order valence-electron chi connectivity index (χ3n) is 2.66. The summed E-state index contributed by atoms with van der Waals surface area (Å²) in [6.07, 6.45) is -0.570. The number of ether oxygens (including phenoxy) is 1. The second-order valence-corrected chi connectivity index (χ2v) is 4.45. The van der Waals surface area contributed by atoms with E-state index >= 15 is 0 Å². The van der Waals surface area contributed by atoms with Gasteiger partial charge >= 0.3 is 0 Å².